The summed E-state index contributed by atoms with van der Waals surface area (Å²) in [4.78, 5) is 1.28. The van der Waals surface area contributed by atoms with E-state index in [-0.39, 0.29) is 0 Å². The highest BCUT2D eigenvalue weighted by Crippen LogP contribution is 2.24. The highest BCUT2D eigenvalue weighted by atomic mass is 79.9. The van der Waals surface area contributed by atoms with Crippen LogP contribution in [0, 0.1) is 5.92 Å². The van der Waals surface area contributed by atoms with Gasteiger partial charge in [0, 0.05) is 16.0 Å². The van der Waals surface area contributed by atoms with Gasteiger partial charge in [-0.05, 0) is 24.1 Å². The molecule has 1 unspecified atom stereocenters. The van der Waals surface area contributed by atoms with Crippen molar-refractivity contribution in [2.45, 2.75) is 11.8 Å². The van der Waals surface area contributed by atoms with Crippen molar-refractivity contribution < 1.29 is 4.74 Å². The van der Waals surface area contributed by atoms with Crippen LogP contribution < -0.4 is 4.74 Å². The monoisotopic (exact) mass is 274 g/mol. The lowest BCUT2D eigenvalue weighted by Gasteiger charge is -2.07. The minimum atomic E-state index is 0.700. The molecule has 1 nitrogen and oxygen atoms in total. The van der Waals surface area contributed by atoms with Crippen LogP contribution in [0.5, 0.6) is 5.75 Å². The summed E-state index contributed by atoms with van der Waals surface area (Å²) >= 11 is 5.35. The van der Waals surface area contributed by atoms with Crippen LogP contribution in [-0.2, 0) is 0 Å². The van der Waals surface area contributed by atoms with E-state index < -0.39 is 0 Å². The van der Waals surface area contributed by atoms with Crippen LogP contribution >= 0.6 is 27.7 Å². The van der Waals surface area contributed by atoms with E-state index in [0.29, 0.717) is 5.92 Å². The van der Waals surface area contributed by atoms with Gasteiger partial charge in [0.25, 0.3) is 0 Å². The molecule has 1 aromatic carbocycles. The molecular formula is C11H15BrOS. The molecule has 1 rings (SSSR count). The molecule has 78 valence electrons. The first-order valence-electron chi connectivity index (χ1n) is 4.59. The number of hydrogen-bond donors (Lipinski definition) is 0. The van der Waals surface area contributed by atoms with Gasteiger partial charge in [-0.3, -0.25) is 0 Å². The van der Waals surface area contributed by atoms with Crippen molar-refractivity contribution in [2.24, 2.45) is 5.92 Å². The topological polar surface area (TPSA) is 9.23 Å². The van der Waals surface area contributed by atoms with E-state index >= 15 is 0 Å². The average molecular weight is 275 g/mol. The van der Waals surface area contributed by atoms with Gasteiger partial charge in [0.2, 0.25) is 0 Å². The molecule has 0 saturated carbocycles. The summed E-state index contributed by atoms with van der Waals surface area (Å²) in [6, 6.07) is 8.19. The lowest BCUT2D eigenvalue weighted by atomic mass is 10.3. The van der Waals surface area contributed by atoms with Crippen LogP contribution in [0.3, 0.4) is 0 Å². The fraction of sp³-hybridized carbons (Fsp3) is 0.455. The van der Waals surface area contributed by atoms with Crippen molar-refractivity contribution in [2.75, 3.05) is 18.2 Å². The summed E-state index contributed by atoms with van der Waals surface area (Å²) in [7, 11) is 1.70. The number of thioether (sulfide) groups is 1. The standard InChI is InChI=1S/C11H15BrOS/c1-9(7-12)8-14-11-5-3-4-10(6-11)13-2/h3-6,9H,7-8H2,1-2H3. The number of hydrogen-bond acceptors (Lipinski definition) is 2. The van der Waals surface area contributed by atoms with Crippen LogP contribution in [0.2, 0.25) is 0 Å². The van der Waals surface area contributed by atoms with Gasteiger partial charge in [0.05, 0.1) is 7.11 Å². The molecule has 0 spiro atoms. The molecule has 0 radical (unpaired) electrons. The van der Waals surface area contributed by atoms with Gasteiger partial charge in [-0.25, -0.2) is 0 Å². The Hall–Kier alpha value is -0.150. The Balaban J connectivity index is 2.50. The third-order valence-corrected chi connectivity index (χ3v) is 4.27. The maximum atomic E-state index is 5.17. The molecule has 0 aliphatic heterocycles. The molecule has 0 saturated heterocycles. The number of halogens is 1. The molecular weight excluding hydrogens is 260 g/mol. The van der Waals surface area contributed by atoms with Gasteiger partial charge < -0.3 is 4.74 Å². The van der Waals surface area contributed by atoms with Crippen LogP contribution in [0.4, 0.5) is 0 Å². The second-order valence-corrected chi connectivity index (χ2v) is 4.99. The lowest BCUT2D eigenvalue weighted by Crippen LogP contribution is -1.98. The zero-order chi connectivity index (χ0) is 10.4. The maximum absolute atomic E-state index is 5.17. The first kappa shape index (κ1) is 11.9. The van der Waals surface area contributed by atoms with Crippen LogP contribution in [0.1, 0.15) is 6.92 Å². The fourth-order valence-corrected chi connectivity index (χ4v) is 2.48. The third kappa shape index (κ3) is 3.93. The molecule has 0 fully saturated rings. The number of rotatable bonds is 5. The summed E-state index contributed by atoms with van der Waals surface area (Å²) in [5.74, 6) is 2.77. The highest BCUT2D eigenvalue weighted by molar-refractivity contribution is 9.09. The predicted octanol–water partition coefficient (Wildman–Crippen LogP) is 3.82. The van der Waals surface area contributed by atoms with Crippen molar-refractivity contribution in [1.82, 2.24) is 0 Å². The number of methoxy groups -OCH3 is 1. The molecule has 1 atom stereocenters. The third-order valence-electron chi connectivity index (χ3n) is 1.84. The average Bonchev–Trinajstić information content (AvgIpc) is 2.26. The van der Waals surface area contributed by atoms with E-state index in [1.165, 1.54) is 4.90 Å². The van der Waals surface area contributed by atoms with Crippen LogP contribution in [0.15, 0.2) is 29.2 Å². The second kappa shape index (κ2) is 6.36. The number of alkyl halides is 1. The minimum Gasteiger partial charge on any atom is -0.497 e. The molecule has 0 bridgehead atoms. The number of benzene rings is 1. The number of ether oxygens (including phenoxy) is 1. The molecule has 0 heterocycles. The van der Waals surface area contributed by atoms with E-state index in [1.807, 2.05) is 23.9 Å². The molecule has 0 aliphatic rings. The first-order valence-corrected chi connectivity index (χ1v) is 6.69. The summed E-state index contributed by atoms with van der Waals surface area (Å²) in [5, 5.41) is 1.06. The zero-order valence-electron chi connectivity index (χ0n) is 8.50. The van der Waals surface area contributed by atoms with E-state index in [4.69, 9.17) is 4.74 Å². The normalized spacial score (nSPS) is 12.5. The van der Waals surface area contributed by atoms with Crippen molar-refractivity contribution in [3.05, 3.63) is 24.3 Å². The molecule has 3 heteroatoms. The Morgan fingerprint density at radius 2 is 2.29 bits per heavy atom. The largest absolute Gasteiger partial charge is 0.497 e. The Kier molecular flexibility index (Phi) is 5.41. The van der Waals surface area contributed by atoms with Crippen molar-refractivity contribution in [3.8, 4) is 5.75 Å². The summed E-state index contributed by atoms with van der Waals surface area (Å²) in [6.45, 7) is 2.24. The Morgan fingerprint density at radius 3 is 2.93 bits per heavy atom. The fourth-order valence-electron chi connectivity index (χ4n) is 0.974. The van der Waals surface area contributed by atoms with Crippen molar-refractivity contribution in [3.63, 3.8) is 0 Å². The van der Waals surface area contributed by atoms with Gasteiger partial charge in [-0.15, -0.1) is 11.8 Å². The highest BCUT2D eigenvalue weighted by Gasteiger charge is 2.01. The van der Waals surface area contributed by atoms with E-state index in [1.54, 1.807) is 7.11 Å². The second-order valence-electron chi connectivity index (χ2n) is 3.25. The van der Waals surface area contributed by atoms with Gasteiger partial charge in [0.1, 0.15) is 5.75 Å². The molecule has 0 aromatic heterocycles. The van der Waals surface area contributed by atoms with Crippen molar-refractivity contribution in [1.29, 1.82) is 0 Å². The Labute approximate surface area is 98.4 Å². The zero-order valence-corrected chi connectivity index (χ0v) is 10.9. The van der Waals surface area contributed by atoms with Gasteiger partial charge >= 0.3 is 0 Å². The summed E-state index contributed by atoms with van der Waals surface area (Å²) < 4.78 is 5.17. The van der Waals surface area contributed by atoms with E-state index in [0.717, 1.165) is 16.8 Å². The van der Waals surface area contributed by atoms with E-state index in [9.17, 15) is 0 Å². The van der Waals surface area contributed by atoms with Crippen molar-refractivity contribution >= 4 is 27.7 Å². The van der Waals surface area contributed by atoms with Gasteiger partial charge in [-0.2, -0.15) is 0 Å². The maximum Gasteiger partial charge on any atom is 0.119 e. The summed E-state index contributed by atoms with van der Waals surface area (Å²) in [6.07, 6.45) is 0. The van der Waals surface area contributed by atoms with Gasteiger partial charge in [-0.1, -0.05) is 28.9 Å². The predicted molar refractivity (Wildman–Crippen MR) is 66.7 cm³/mol. The quantitative estimate of drug-likeness (QED) is 0.597. The van der Waals surface area contributed by atoms with Crippen LogP contribution in [0.25, 0.3) is 0 Å². The van der Waals surface area contributed by atoms with E-state index in [2.05, 4.69) is 35.0 Å². The molecule has 14 heavy (non-hydrogen) atoms. The van der Waals surface area contributed by atoms with Gasteiger partial charge in [0.15, 0.2) is 0 Å². The molecule has 0 N–H and O–H groups in total. The smallest absolute Gasteiger partial charge is 0.119 e. The first-order chi connectivity index (χ1) is 6.76. The lowest BCUT2D eigenvalue weighted by molar-refractivity contribution is 0.413. The SMILES string of the molecule is COc1cccc(SCC(C)CBr)c1. The van der Waals surface area contributed by atoms with Crippen LogP contribution in [-0.4, -0.2) is 18.2 Å². The Morgan fingerprint density at radius 1 is 1.50 bits per heavy atom. The minimum absolute atomic E-state index is 0.700. The Bertz CT molecular complexity index is 278. The molecule has 0 amide bonds. The molecule has 1 aromatic rings. The molecule has 0 aliphatic carbocycles. The summed E-state index contributed by atoms with van der Waals surface area (Å²) in [5.41, 5.74) is 0.